The number of benzene rings is 3. The predicted molar refractivity (Wildman–Crippen MR) is 149 cm³/mol. The molecule has 0 aliphatic rings. The lowest BCUT2D eigenvalue weighted by molar-refractivity contribution is -0.118. The van der Waals surface area contributed by atoms with Crippen molar-refractivity contribution in [1.82, 2.24) is 20.2 Å². The molecule has 1 aromatic heterocycles. The van der Waals surface area contributed by atoms with Crippen molar-refractivity contribution in [1.29, 1.82) is 0 Å². The van der Waals surface area contributed by atoms with Crippen LogP contribution in [0.2, 0.25) is 0 Å². The Morgan fingerprint density at radius 3 is 2.29 bits per heavy atom. The Bertz CT molecular complexity index is 1430. The highest BCUT2D eigenvalue weighted by molar-refractivity contribution is 7.99. The lowest BCUT2D eigenvalue weighted by Gasteiger charge is -2.11. The van der Waals surface area contributed by atoms with Gasteiger partial charge >= 0.3 is 0 Å². The van der Waals surface area contributed by atoms with Crippen LogP contribution in [0.4, 0.5) is 0 Å². The average molecular weight is 532 g/mol. The summed E-state index contributed by atoms with van der Waals surface area (Å²) in [5.74, 6) is 2.47. The number of rotatable bonds is 10. The number of hydrogen-bond donors (Lipinski definition) is 1. The number of carbonyl (C=O) groups excluding carboxylic acids is 1. The first-order chi connectivity index (χ1) is 18.4. The van der Waals surface area contributed by atoms with Crippen molar-refractivity contribution in [3.63, 3.8) is 0 Å². The van der Waals surface area contributed by atoms with Crippen molar-refractivity contribution < 1.29 is 19.0 Å². The number of hydrogen-bond acceptors (Lipinski definition) is 8. The Balaban J connectivity index is 1.52. The van der Waals surface area contributed by atoms with E-state index < -0.39 is 0 Å². The number of amides is 1. The van der Waals surface area contributed by atoms with Gasteiger partial charge in [-0.05, 0) is 56.3 Å². The van der Waals surface area contributed by atoms with Crippen LogP contribution in [-0.2, 0) is 4.79 Å². The van der Waals surface area contributed by atoms with Crippen molar-refractivity contribution in [2.24, 2.45) is 5.10 Å². The van der Waals surface area contributed by atoms with E-state index in [1.54, 1.807) is 27.4 Å². The van der Waals surface area contributed by atoms with Crippen LogP contribution >= 0.6 is 11.8 Å². The largest absolute Gasteiger partial charge is 0.497 e. The van der Waals surface area contributed by atoms with Gasteiger partial charge < -0.3 is 14.2 Å². The molecular weight excluding hydrogens is 502 g/mol. The summed E-state index contributed by atoms with van der Waals surface area (Å²) < 4.78 is 17.9. The summed E-state index contributed by atoms with van der Waals surface area (Å²) in [6.45, 7) is 3.84. The molecular formula is C28H29N5O4S. The van der Waals surface area contributed by atoms with Gasteiger partial charge in [0.25, 0.3) is 5.91 Å². The van der Waals surface area contributed by atoms with Gasteiger partial charge in [0.05, 0.1) is 32.8 Å². The molecule has 0 atom stereocenters. The SMILES string of the molecule is COc1ccc(-n2c(SCC(=O)N/N=C(\C)c3ccc(OC)c(OC)c3)nnc2-c2ccc(C)cc2)cc1. The fourth-order valence-electron chi connectivity index (χ4n) is 3.65. The van der Waals surface area contributed by atoms with Crippen LogP contribution in [0.15, 0.2) is 77.0 Å². The van der Waals surface area contributed by atoms with Gasteiger partial charge in [-0.25, -0.2) is 5.43 Å². The molecule has 196 valence electrons. The molecule has 4 rings (SSSR count). The number of nitrogens with zero attached hydrogens (tertiary/aromatic N) is 4. The molecule has 0 unspecified atom stereocenters. The highest BCUT2D eigenvalue weighted by Crippen LogP contribution is 2.30. The second-order valence-electron chi connectivity index (χ2n) is 8.30. The number of ether oxygens (including phenoxy) is 3. The van der Waals surface area contributed by atoms with Gasteiger partial charge in [0.1, 0.15) is 5.75 Å². The van der Waals surface area contributed by atoms with E-state index >= 15 is 0 Å². The standard InChI is InChI=1S/C28H29N5O4S/c1-18-6-8-20(9-7-18)27-31-32-28(33(27)22-11-13-23(35-3)14-12-22)38-17-26(34)30-29-19(2)21-10-15-24(36-4)25(16-21)37-5/h6-16H,17H2,1-5H3,(H,30,34)/b29-19+. The van der Waals surface area contributed by atoms with Crippen molar-refractivity contribution in [2.75, 3.05) is 27.1 Å². The van der Waals surface area contributed by atoms with Gasteiger partial charge in [-0.3, -0.25) is 9.36 Å². The minimum atomic E-state index is -0.268. The zero-order valence-corrected chi connectivity index (χ0v) is 22.7. The normalized spacial score (nSPS) is 11.2. The number of nitrogens with one attached hydrogen (secondary N) is 1. The van der Waals surface area contributed by atoms with E-state index in [9.17, 15) is 4.79 Å². The first kappa shape index (κ1) is 26.7. The van der Waals surface area contributed by atoms with E-state index in [0.717, 1.165) is 28.1 Å². The monoisotopic (exact) mass is 531 g/mol. The topological polar surface area (TPSA) is 99.9 Å². The minimum absolute atomic E-state index is 0.102. The molecule has 0 radical (unpaired) electrons. The maximum atomic E-state index is 12.7. The van der Waals surface area contributed by atoms with Crippen molar-refractivity contribution in [3.8, 4) is 34.3 Å². The van der Waals surface area contributed by atoms with Gasteiger partial charge in [0.2, 0.25) is 0 Å². The summed E-state index contributed by atoms with van der Waals surface area (Å²) >= 11 is 1.28. The zero-order chi connectivity index (χ0) is 27.1. The fraction of sp³-hybridized carbons (Fsp3) is 0.214. The third-order valence-electron chi connectivity index (χ3n) is 5.76. The lowest BCUT2D eigenvalue weighted by atomic mass is 10.1. The Hall–Kier alpha value is -4.31. The number of aromatic nitrogens is 3. The lowest BCUT2D eigenvalue weighted by Crippen LogP contribution is -2.21. The molecule has 38 heavy (non-hydrogen) atoms. The molecule has 10 heteroatoms. The summed E-state index contributed by atoms with van der Waals surface area (Å²) in [7, 11) is 4.78. The maximum absolute atomic E-state index is 12.7. The Morgan fingerprint density at radius 2 is 1.63 bits per heavy atom. The van der Waals surface area contributed by atoms with Crippen LogP contribution in [0.1, 0.15) is 18.1 Å². The predicted octanol–water partition coefficient (Wildman–Crippen LogP) is 4.90. The minimum Gasteiger partial charge on any atom is -0.497 e. The third-order valence-corrected chi connectivity index (χ3v) is 6.68. The van der Waals surface area contributed by atoms with Crippen molar-refractivity contribution >= 4 is 23.4 Å². The van der Waals surface area contributed by atoms with E-state index in [-0.39, 0.29) is 11.7 Å². The number of hydrazone groups is 1. The summed E-state index contributed by atoms with van der Waals surface area (Å²) in [5, 5.41) is 13.7. The second kappa shape index (κ2) is 12.3. The van der Waals surface area contributed by atoms with Gasteiger partial charge in [0, 0.05) is 16.8 Å². The number of aryl methyl sites for hydroxylation is 1. The van der Waals surface area contributed by atoms with Crippen LogP contribution in [-0.4, -0.2) is 53.5 Å². The molecule has 9 nitrogen and oxygen atoms in total. The molecule has 1 amide bonds. The average Bonchev–Trinajstić information content (AvgIpc) is 3.38. The molecule has 3 aromatic carbocycles. The van der Waals surface area contributed by atoms with E-state index in [1.807, 2.05) is 79.1 Å². The second-order valence-corrected chi connectivity index (χ2v) is 9.24. The molecule has 0 saturated carbocycles. The van der Waals surface area contributed by atoms with Crippen molar-refractivity contribution in [2.45, 2.75) is 19.0 Å². The summed E-state index contributed by atoms with van der Waals surface area (Å²) in [4.78, 5) is 12.7. The summed E-state index contributed by atoms with van der Waals surface area (Å²) in [5.41, 5.74) is 6.99. The zero-order valence-electron chi connectivity index (χ0n) is 21.9. The van der Waals surface area contributed by atoms with E-state index in [0.29, 0.717) is 28.2 Å². The van der Waals surface area contributed by atoms with Gasteiger partial charge in [-0.1, -0.05) is 41.6 Å². The van der Waals surface area contributed by atoms with Crippen LogP contribution in [0.3, 0.4) is 0 Å². The van der Waals surface area contributed by atoms with Gasteiger partial charge in [-0.15, -0.1) is 10.2 Å². The first-order valence-electron chi connectivity index (χ1n) is 11.8. The maximum Gasteiger partial charge on any atom is 0.250 e. The van der Waals surface area contributed by atoms with E-state index in [4.69, 9.17) is 14.2 Å². The van der Waals surface area contributed by atoms with Crippen molar-refractivity contribution in [3.05, 3.63) is 77.9 Å². The molecule has 0 spiro atoms. The highest BCUT2D eigenvalue weighted by atomic mass is 32.2. The quantitative estimate of drug-likeness (QED) is 0.176. The molecule has 0 aliphatic heterocycles. The van der Waals surface area contributed by atoms with Crippen LogP contribution < -0.4 is 19.6 Å². The molecule has 0 aliphatic carbocycles. The molecule has 0 fully saturated rings. The van der Waals surface area contributed by atoms with Crippen LogP contribution in [0.5, 0.6) is 17.2 Å². The Labute approximate surface area is 225 Å². The molecule has 1 N–H and O–H groups in total. The Kier molecular flexibility index (Phi) is 8.65. The van der Waals surface area contributed by atoms with Crippen LogP contribution in [0, 0.1) is 6.92 Å². The number of methoxy groups -OCH3 is 3. The number of thioether (sulfide) groups is 1. The molecule has 0 saturated heterocycles. The van der Waals surface area contributed by atoms with Gasteiger partial charge in [0.15, 0.2) is 22.5 Å². The molecule has 1 heterocycles. The highest BCUT2D eigenvalue weighted by Gasteiger charge is 2.17. The first-order valence-corrected chi connectivity index (χ1v) is 12.8. The third kappa shape index (κ3) is 6.15. The number of carbonyl (C=O) groups is 1. The summed E-state index contributed by atoms with van der Waals surface area (Å²) in [6.07, 6.45) is 0. The Morgan fingerprint density at radius 1 is 0.921 bits per heavy atom. The smallest absolute Gasteiger partial charge is 0.250 e. The van der Waals surface area contributed by atoms with E-state index in [1.165, 1.54) is 11.8 Å². The van der Waals surface area contributed by atoms with Gasteiger partial charge in [-0.2, -0.15) is 5.10 Å². The molecule has 4 aromatic rings. The van der Waals surface area contributed by atoms with E-state index in [2.05, 4.69) is 20.7 Å². The molecule has 0 bridgehead atoms. The fourth-order valence-corrected chi connectivity index (χ4v) is 4.40. The summed E-state index contributed by atoms with van der Waals surface area (Å²) in [6, 6.07) is 21.1. The van der Waals surface area contributed by atoms with Crippen LogP contribution in [0.25, 0.3) is 17.1 Å².